The van der Waals surface area contributed by atoms with E-state index < -0.39 is 5.54 Å². The van der Waals surface area contributed by atoms with Crippen LogP contribution in [0, 0.1) is 11.3 Å². The van der Waals surface area contributed by atoms with E-state index in [1.165, 1.54) is 0 Å². The fourth-order valence-corrected chi connectivity index (χ4v) is 1.35. The van der Waals surface area contributed by atoms with Crippen molar-refractivity contribution in [2.75, 3.05) is 0 Å². The topological polar surface area (TPSA) is 36.1 Å². The maximum Gasteiger partial charge on any atom is 0.163 e. The third kappa shape index (κ3) is 0.911. The van der Waals surface area contributed by atoms with Gasteiger partial charge in [0.15, 0.2) is 5.54 Å². The molecule has 1 atom stereocenters. The van der Waals surface area contributed by atoms with E-state index in [0.29, 0.717) is 0 Å². The third-order valence-electron chi connectivity index (χ3n) is 1.95. The Kier molecular flexibility index (Phi) is 1.28. The van der Waals surface area contributed by atoms with E-state index in [2.05, 4.69) is 11.1 Å². The Hall–Kier alpha value is -1.62. The Morgan fingerprint density at radius 3 is 2.83 bits per heavy atom. The summed E-state index contributed by atoms with van der Waals surface area (Å²) < 4.78 is 0. The van der Waals surface area contributed by atoms with Crippen LogP contribution in [-0.4, -0.2) is 5.54 Å². The van der Waals surface area contributed by atoms with E-state index in [4.69, 9.17) is 5.26 Å². The molecule has 1 unspecified atom stereocenters. The van der Waals surface area contributed by atoms with E-state index in [-0.39, 0.29) is 0 Å². The SMILES string of the molecule is CC1(C#N)C=c2ccccc2=N1. The van der Waals surface area contributed by atoms with Gasteiger partial charge in [0.2, 0.25) is 0 Å². The van der Waals surface area contributed by atoms with Crippen LogP contribution in [0.3, 0.4) is 0 Å². The van der Waals surface area contributed by atoms with E-state index in [1.54, 1.807) is 0 Å². The molecule has 0 bridgehead atoms. The fourth-order valence-electron chi connectivity index (χ4n) is 1.35. The van der Waals surface area contributed by atoms with Crippen molar-refractivity contribution in [1.82, 2.24) is 0 Å². The molecular weight excluding hydrogens is 148 g/mol. The highest BCUT2D eigenvalue weighted by Crippen LogP contribution is 2.11. The maximum atomic E-state index is 8.82. The number of nitrogens with zero attached hydrogens (tertiary/aromatic N) is 2. The van der Waals surface area contributed by atoms with Crippen molar-refractivity contribution in [2.45, 2.75) is 12.5 Å². The smallest absolute Gasteiger partial charge is 0.163 e. The van der Waals surface area contributed by atoms with Crippen molar-refractivity contribution in [3.05, 3.63) is 34.8 Å². The van der Waals surface area contributed by atoms with Crippen LogP contribution in [0.5, 0.6) is 0 Å². The molecule has 0 saturated heterocycles. The summed E-state index contributed by atoms with van der Waals surface area (Å²) in [5.74, 6) is 0. The van der Waals surface area contributed by atoms with Crippen molar-refractivity contribution >= 4 is 6.08 Å². The molecule has 2 rings (SSSR count). The Labute approximate surface area is 70.5 Å². The van der Waals surface area contributed by atoms with Crippen molar-refractivity contribution in [3.8, 4) is 6.07 Å². The fraction of sp³-hybridized carbons (Fsp3) is 0.200. The molecule has 1 aliphatic rings. The summed E-state index contributed by atoms with van der Waals surface area (Å²) in [5.41, 5.74) is -0.649. The van der Waals surface area contributed by atoms with Gasteiger partial charge in [-0.2, -0.15) is 5.26 Å². The zero-order valence-corrected chi connectivity index (χ0v) is 6.78. The minimum Gasteiger partial charge on any atom is -0.259 e. The monoisotopic (exact) mass is 156 g/mol. The third-order valence-corrected chi connectivity index (χ3v) is 1.95. The molecule has 1 aromatic carbocycles. The van der Waals surface area contributed by atoms with Gasteiger partial charge in [0.05, 0.1) is 11.4 Å². The Morgan fingerprint density at radius 1 is 1.42 bits per heavy atom. The van der Waals surface area contributed by atoms with Gasteiger partial charge in [0, 0.05) is 0 Å². The molecule has 1 heterocycles. The Balaban J connectivity index is 2.78. The molecule has 12 heavy (non-hydrogen) atoms. The largest absolute Gasteiger partial charge is 0.259 e. The number of para-hydroxylation sites is 1. The lowest BCUT2D eigenvalue weighted by Crippen LogP contribution is -2.19. The first-order chi connectivity index (χ1) is 5.73. The number of fused-ring (bicyclic) bond motifs is 1. The molecule has 0 aromatic heterocycles. The van der Waals surface area contributed by atoms with E-state index in [0.717, 1.165) is 10.6 Å². The number of benzene rings is 1. The highest BCUT2D eigenvalue weighted by atomic mass is 14.9. The standard InChI is InChI=1S/C10H8N2/c1-10(7-11)6-8-4-2-3-5-9(8)12-10/h2-6H,1H3. The zero-order chi connectivity index (χ0) is 8.60. The molecule has 0 aliphatic carbocycles. The average molecular weight is 156 g/mol. The summed E-state index contributed by atoms with van der Waals surface area (Å²) in [7, 11) is 0. The second kappa shape index (κ2) is 2.18. The van der Waals surface area contributed by atoms with Crippen molar-refractivity contribution in [3.63, 3.8) is 0 Å². The second-order valence-corrected chi connectivity index (χ2v) is 3.07. The molecule has 0 N–H and O–H groups in total. The Morgan fingerprint density at radius 2 is 2.17 bits per heavy atom. The summed E-state index contributed by atoms with van der Waals surface area (Å²) in [5, 5.41) is 10.8. The number of rotatable bonds is 0. The first-order valence-corrected chi connectivity index (χ1v) is 3.83. The van der Waals surface area contributed by atoms with Gasteiger partial charge in [-0.1, -0.05) is 18.2 Å². The van der Waals surface area contributed by atoms with Crippen LogP contribution in [0.2, 0.25) is 0 Å². The lowest BCUT2D eigenvalue weighted by atomic mass is 10.1. The molecular formula is C10H8N2. The van der Waals surface area contributed by atoms with Crippen molar-refractivity contribution in [2.24, 2.45) is 4.99 Å². The van der Waals surface area contributed by atoms with E-state index in [1.807, 2.05) is 37.3 Å². The Bertz CT molecular complexity index is 430. The molecule has 0 saturated carbocycles. The summed E-state index contributed by atoms with van der Waals surface area (Å²) in [4.78, 5) is 4.29. The molecule has 2 heteroatoms. The quantitative estimate of drug-likeness (QED) is 0.535. The number of hydrogen-bond donors (Lipinski definition) is 0. The summed E-state index contributed by atoms with van der Waals surface area (Å²) >= 11 is 0. The first kappa shape index (κ1) is 7.05. The summed E-state index contributed by atoms with van der Waals surface area (Å²) in [6, 6.07) is 9.95. The molecule has 0 fully saturated rings. The van der Waals surface area contributed by atoms with E-state index in [9.17, 15) is 0 Å². The van der Waals surface area contributed by atoms with E-state index >= 15 is 0 Å². The van der Waals surface area contributed by atoms with Crippen LogP contribution in [-0.2, 0) is 0 Å². The first-order valence-electron chi connectivity index (χ1n) is 3.83. The minimum absolute atomic E-state index is 0.649. The van der Waals surface area contributed by atoms with Crippen LogP contribution in [0.1, 0.15) is 6.92 Å². The molecule has 1 aliphatic heterocycles. The maximum absolute atomic E-state index is 8.82. The lowest BCUT2D eigenvalue weighted by Gasteiger charge is -2.03. The normalized spacial score (nSPS) is 25.0. The molecule has 0 radical (unpaired) electrons. The predicted octanol–water partition coefficient (Wildman–Crippen LogP) is 0.383. The van der Waals surface area contributed by atoms with Gasteiger partial charge in [-0.25, -0.2) is 0 Å². The predicted molar refractivity (Wildman–Crippen MR) is 45.7 cm³/mol. The lowest BCUT2D eigenvalue weighted by molar-refractivity contribution is 0.787. The molecule has 0 amide bonds. The summed E-state index contributed by atoms with van der Waals surface area (Å²) in [6.45, 7) is 1.81. The zero-order valence-electron chi connectivity index (χ0n) is 6.78. The van der Waals surface area contributed by atoms with Crippen molar-refractivity contribution in [1.29, 1.82) is 5.26 Å². The van der Waals surface area contributed by atoms with Crippen LogP contribution in [0.25, 0.3) is 6.08 Å². The highest BCUT2D eigenvalue weighted by Gasteiger charge is 2.21. The van der Waals surface area contributed by atoms with Gasteiger partial charge < -0.3 is 0 Å². The highest BCUT2D eigenvalue weighted by molar-refractivity contribution is 5.46. The van der Waals surface area contributed by atoms with Gasteiger partial charge in [0.25, 0.3) is 0 Å². The average Bonchev–Trinajstić information content (AvgIpc) is 2.42. The summed E-state index contributed by atoms with van der Waals surface area (Å²) in [6.07, 6.45) is 1.89. The van der Waals surface area contributed by atoms with Crippen LogP contribution in [0.15, 0.2) is 29.3 Å². The molecule has 58 valence electrons. The molecule has 2 nitrogen and oxygen atoms in total. The van der Waals surface area contributed by atoms with Gasteiger partial charge in [-0.15, -0.1) is 0 Å². The second-order valence-electron chi connectivity index (χ2n) is 3.07. The number of nitriles is 1. The van der Waals surface area contributed by atoms with Crippen LogP contribution >= 0.6 is 0 Å². The molecule has 1 aromatic rings. The molecule has 0 spiro atoms. The van der Waals surface area contributed by atoms with Crippen LogP contribution < -0.4 is 10.6 Å². The van der Waals surface area contributed by atoms with Gasteiger partial charge >= 0.3 is 0 Å². The van der Waals surface area contributed by atoms with Crippen LogP contribution in [0.4, 0.5) is 0 Å². The minimum atomic E-state index is -0.649. The van der Waals surface area contributed by atoms with Crippen molar-refractivity contribution < 1.29 is 0 Å². The van der Waals surface area contributed by atoms with Gasteiger partial charge in [0.1, 0.15) is 0 Å². The van der Waals surface area contributed by atoms with Gasteiger partial charge in [-0.05, 0) is 24.3 Å². The van der Waals surface area contributed by atoms with Gasteiger partial charge in [-0.3, -0.25) is 4.99 Å². The number of hydrogen-bond acceptors (Lipinski definition) is 2.